The summed E-state index contributed by atoms with van der Waals surface area (Å²) in [6, 6.07) is 10.9. The fourth-order valence-electron chi connectivity index (χ4n) is 4.28. The fourth-order valence-corrected chi connectivity index (χ4v) is 5.51. The molecule has 0 aliphatic heterocycles. The highest BCUT2D eigenvalue weighted by Crippen LogP contribution is 2.44. The molecule has 0 N–H and O–H groups in total. The molecule has 4 heteroatoms. The standard InChI is InChI=1S/C24H27N3S/c1-5-27-15-16(18-8-6-7-9-21(18)27)14-26-23-20(13-25)19-11-10-17(24(2,3)4)12-22(19)28-23/h6-9,14-15,17H,5,10-12H2,1-4H3/t17-/m1/s1. The maximum absolute atomic E-state index is 9.78. The number of nitriles is 1. The lowest BCUT2D eigenvalue weighted by atomic mass is 9.72. The number of hydrogen-bond donors (Lipinski definition) is 0. The predicted octanol–water partition coefficient (Wildman–Crippen LogP) is 6.50. The molecule has 28 heavy (non-hydrogen) atoms. The molecule has 3 aromatic rings. The summed E-state index contributed by atoms with van der Waals surface area (Å²) in [5.41, 5.74) is 4.68. The Bertz CT molecular complexity index is 1090. The maximum Gasteiger partial charge on any atom is 0.134 e. The van der Waals surface area contributed by atoms with Crippen LogP contribution in [0.5, 0.6) is 0 Å². The molecular formula is C24H27N3S. The van der Waals surface area contributed by atoms with E-state index in [1.54, 1.807) is 11.3 Å². The van der Waals surface area contributed by atoms with Gasteiger partial charge in [0, 0.05) is 40.3 Å². The van der Waals surface area contributed by atoms with Gasteiger partial charge in [-0.1, -0.05) is 39.0 Å². The second kappa shape index (κ2) is 7.22. The van der Waals surface area contributed by atoms with Gasteiger partial charge in [0.05, 0.1) is 5.56 Å². The fraction of sp³-hybridized carbons (Fsp3) is 0.417. The Morgan fingerprint density at radius 1 is 1.32 bits per heavy atom. The molecule has 1 aliphatic carbocycles. The lowest BCUT2D eigenvalue weighted by molar-refractivity contribution is 0.218. The molecule has 4 rings (SSSR count). The quantitative estimate of drug-likeness (QED) is 0.472. The average molecular weight is 390 g/mol. The van der Waals surface area contributed by atoms with Gasteiger partial charge in [-0.05, 0) is 49.1 Å². The molecule has 0 amide bonds. The van der Waals surface area contributed by atoms with Crippen molar-refractivity contribution in [1.29, 1.82) is 5.26 Å². The molecule has 0 unspecified atom stereocenters. The van der Waals surface area contributed by atoms with Crippen LogP contribution in [0, 0.1) is 22.7 Å². The average Bonchev–Trinajstić information content (AvgIpc) is 3.22. The number of benzene rings is 1. The lowest BCUT2D eigenvalue weighted by Gasteiger charge is -2.33. The number of fused-ring (bicyclic) bond motifs is 2. The molecular weight excluding hydrogens is 362 g/mol. The second-order valence-corrected chi connectivity index (χ2v) is 9.83. The molecule has 1 atom stereocenters. The van der Waals surface area contributed by atoms with Crippen molar-refractivity contribution in [3.8, 4) is 6.07 Å². The number of aromatic nitrogens is 1. The van der Waals surface area contributed by atoms with Gasteiger partial charge in [-0.3, -0.25) is 0 Å². The number of para-hydroxylation sites is 1. The minimum atomic E-state index is 0.305. The van der Waals surface area contributed by atoms with E-state index >= 15 is 0 Å². The Balaban J connectivity index is 1.70. The SMILES string of the molecule is CCn1cc(C=Nc2sc3c(c2C#N)CC[C@@H](C(C)(C)C)C3)c2ccccc21. The Hall–Kier alpha value is -2.38. The van der Waals surface area contributed by atoms with Gasteiger partial charge >= 0.3 is 0 Å². The molecule has 0 saturated carbocycles. The molecule has 1 aliphatic rings. The van der Waals surface area contributed by atoms with Crippen molar-refractivity contribution in [3.05, 3.63) is 52.0 Å². The third kappa shape index (κ3) is 3.29. The molecule has 2 heterocycles. The summed E-state index contributed by atoms with van der Waals surface area (Å²) in [5.74, 6) is 0.671. The maximum atomic E-state index is 9.78. The van der Waals surface area contributed by atoms with Crippen molar-refractivity contribution in [1.82, 2.24) is 4.57 Å². The van der Waals surface area contributed by atoms with E-state index in [2.05, 4.69) is 68.8 Å². The van der Waals surface area contributed by atoms with E-state index in [1.165, 1.54) is 21.3 Å². The summed E-state index contributed by atoms with van der Waals surface area (Å²) in [4.78, 5) is 6.16. The van der Waals surface area contributed by atoms with Crippen LogP contribution in [0.25, 0.3) is 10.9 Å². The van der Waals surface area contributed by atoms with Crippen LogP contribution in [0.15, 0.2) is 35.5 Å². The van der Waals surface area contributed by atoms with Crippen LogP contribution in [-0.4, -0.2) is 10.8 Å². The zero-order chi connectivity index (χ0) is 19.9. The van der Waals surface area contributed by atoms with E-state index < -0.39 is 0 Å². The summed E-state index contributed by atoms with van der Waals surface area (Å²) in [6.07, 6.45) is 7.33. The van der Waals surface area contributed by atoms with Crippen LogP contribution in [0.2, 0.25) is 0 Å². The molecule has 2 aromatic heterocycles. The summed E-state index contributed by atoms with van der Waals surface area (Å²) >= 11 is 1.72. The van der Waals surface area contributed by atoms with Gasteiger partial charge in [0.15, 0.2) is 0 Å². The first kappa shape index (κ1) is 19.0. The minimum Gasteiger partial charge on any atom is -0.347 e. The highest BCUT2D eigenvalue weighted by Gasteiger charge is 2.32. The van der Waals surface area contributed by atoms with Crippen molar-refractivity contribution in [2.75, 3.05) is 0 Å². The van der Waals surface area contributed by atoms with Crippen LogP contribution in [0.1, 0.15) is 55.7 Å². The second-order valence-electron chi connectivity index (χ2n) is 8.75. The van der Waals surface area contributed by atoms with Crippen LogP contribution in [0.4, 0.5) is 5.00 Å². The van der Waals surface area contributed by atoms with Gasteiger partial charge in [0.1, 0.15) is 11.1 Å². The largest absolute Gasteiger partial charge is 0.347 e. The summed E-state index contributed by atoms with van der Waals surface area (Å²) in [5, 5.41) is 11.9. The van der Waals surface area contributed by atoms with Gasteiger partial charge in [0.2, 0.25) is 0 Å². The summed E-state index contributed by atoms with van der Waals surface area (Å²) in [7, 11) is 0. The molecule has 1 aromatic carbocycles. The van der Waals surface area contributed by atoms with E-state index in [1.807, 2.05) is 6.21 Å². The first-order valence-electron chi connectivity index (χ1n) is 10.1. The van der Waals surface area contributed by atoms with Crippen LogP contribution in [-0.2, 0) is 19.4 Å². The van der Waals surface area contributed by atoms with Gasteiger partial charge in [-0.2, -0.15) is 5.26 Å². The number of rotatable bonds is 3. The number of aryl methyl sites for hydroxylation is 1. The van der Waals surface area contributed by atoms with Crippen molar-refractivity contribution in [2.45, 2.75) is 53.5 Å². The summed E-state index contributed by atoms with van der Waals surface area (Å²) < 4.78 is 2.25. The zero-order valence-corrected chi connectivity index (χ0v) is 17.9. The van der Waals surface area contributed by atoms with Crippen LogP contribution in [0.3, 0.4) is 0 Å². The number of nitrogens with zero attached hydrogens (tertiary/aromatic N) is 3. The van der Waals surface area contributed by atoms with Gasteiger partial charge in [-0.25, -0.2) is 4.99 Å². The van der Waals surface area contributed by atoms with Gasteiger partial charge in [-0.15, -0.1) is 11.3 Å². The molecule has 0 bridgehead atoms. The van der Waals surface area contributed by atoms with Crippen LogP contribution < -0.4 is 0 Å². The third-order valence-corrected chi connectivity index (χ3v) is 7.23. The smallest absolute Gasteiger partial charge is 0.134 e. The normalized spacial score (nSPS) is 17.2. The first-order valence-corrected chi connectivity index (χ1v) is 10.9. The zero-order valence-electron chi connectivity index (χ0n) is 17.1. The van der Waals surface area contributed by atoms with E-state index in [4.69, 9.17) is 4.99 Å². The molecule has 0 saturated heterocycles. The Morgan fingerprint density at radius 3 is 2.82 bits per heavy atom. The van der Waals surface area contributed by atoms with Crippen molar-refractivity contribution < 1.29 is 0 Å². The van der Waals surface area contributed by atoms with Gasteiger partial charge in [0.25, 0.3) is 0 Å². The highest BCUT2D eigenvalue weighted by atomic mass is 32.1. The van der Waals surface area contributed by atoms with Crippen molar-refractivity contribution in [3.63, 3.8) is 0 Å². The first-order chi connectivity index (χ1) is 13.4. The minimum absolute atomic E-state index is 0.305. The Labute approximate surface area is 171 Å². The van der Waals surface area contributed by atoms with E-state index in [-0.39, 0.29) is 0 Å². The summed E-state index contributed by atoms with van der Waals surface area (Å²) in [6.45, 7) is 10.1. The molecule has 0 fully saturated rings. The van der Waals surface area contributed by atoms with Crippen molar-refractivity contribution in [2.24, 2.45) is 16.3 Å². The molecule has 0 radical (unpaired) electrons. The molecule has 144 valence electrons. The van der Waals surface area contributed by atoms with Gasteiger partial charge < -0.3 is 4.57 Å². The molecule has 3 nitrogen and oxygen atoms in total. The Kier molecular flexibility index (Phi) is 4.89. The lowest BCUT2D eigenvalue weighted by Crippen LogP contribution is -2.26. The van der Waals surface area contributed by atoms with E-state index in [9.17, 15) is 5.26 Å². The highest BCUT2D eigenvalue weighted by molar-refractivity contribution is 7.16. The number of thiophene rings is 1. The van der Waals surface area contributed by atoms with E-state index in [0.717, 1.165) is 41.9 Å². The Morgan fingerprint density at radius 2 is 2.11 bits per heavy atom. The monoisotopic (exact) mass is 389 g/mol. The van der Waals surface area contributed by atoms with Crippen molar-refractivity contribution >= 4 is 33.5 Å². The molecule has 0 spiro atoms. The third-order valence-electron chi connectivity index (χ3n) is 6.06. The predicted molar refractivity (Wildman–Crippen MR) is 119 cm³/mol. The van der Waals surface area contributed by atoms with E-state index in [0.29, 0.717) is 11.3 Å². The van der Waals surface area contributed by atoms with Crippen LogP contribution >= 0.6 is 11.3 Å². The topological polar surface area (TPSA) is 41.1 Å². The number of aliphatic imine (C=N–C) groups is 1. The number of hydrogen-bond acceptors (Lipinski definition) is 3.